The zero-order valence-electron chi connectivity index (χ0n) is 27.7. The first-order valence-corrected chi connectivity index (χ1v) is 17.7. The van der Waals surface area contributed by atoms with E-state index < -0.39 is 13.0 Å². The summed E-state index contributed by atoms with van der Waals surface area (Å²) in [5.74, 6) is 0. The van der Waals surface area contributed by atoms with Gasteiger partial charge < -0.3 is 24.2 Å². The Morgan fingerprint density at radius 2 is 1.52 bits per heavy atom. The third-order valence-electron chi connectivity index (χ3n) is 9.19. The van der Waals surface area contributed by atoms with Crippen LogP contribution in [0.4, 0.5) is 11.4 Å². The molecule has 0 atom stereocenters. The predicted molar refractivity (Wildman–Crippen MR) is 181 cm³/mol. The van der Waals surface area contributed by atoms with Crippen LogP contribution in [0, 0.1) is 6.92 Å². The van der Waals surface area contributed by atoms with Gasteiger partial charge in [0.05, 0.1) is 23.9 Å². The van der Waals surface area contributed by atoms with Crippen LogP contribution in [0.15, 0.2) is 60.3 Å². The summed E-state index contributed by atoms with van der Waals surface area (Å²) in [6, 6.07) is 11.6. The maximum atomic E-state index is 12.2. The van der Waals surface area contributed by atoms with E-state index in [0.29, 0.717) is 26.2 Å². The standard InChI is InChI=1S/C36H47N2O7P/c1-27-15-17-31-29(23-27)35(2,3)33(37(31)19-8-6-10-21-44-25-39)13-12-14-34-36(4,5)30-24-28(46(41,42)43)16-18-32(30)38(34)20-9-7-11-22-45-26-40/h12-18,23-26H,6-11,19-22H2,1-5H3,(H-,41,42,43)/p+1. The predicted octanol–water partition coefficient (Wildman–Crippen LogP) is 6.10. The molecule has 0 fully saturated rings. The molecule has 2 heterocycles. The van der Waals surface area contributed by atoms with E-state index in [1.54, 1.807) is 6.07 Å². The van der Waals surface area contributed by atoms with Crippen LogP contribution in [0.1, 0.15) is 82.9 Å². The van der Waals surface area contributed by atoms with Crippen molar-refractivity contribution < 1.29 is 38.0 Å². The zero-order valence-corrected chi connectivity index (χ0v) is 28.6. The first-order valence-electron chi connectivity index (χ1n) is 16.1. The van der Waals surface area contributed by atoms with Crippen molar-refractivity contribution in [3.8, 4) is 0 Å². The van der Waals surface area contributed by atoms with Gasteiger partial charge in [-0.1, -0.05) is 37.6 Å². The lowest BCUT2D eigenvalue weighted by Crippen LogP contribution is -2.28. The highest BCUT2D eigenvalue weighted by atomic mass is 31.2. The van der Waals surface area contributed by atoms with Crippen LogP contribution < -0.4 is 10.2 Å². The molecule has 0 aromatic heterocycles. The highest BCUT2D eigenvalue weighted by molar-refractivity contribution is 7.60. The molecule has 46 heavy (non-hydrogen) atoms. The van der Waals surface area contributed by atoms with Gasteiger partial charge in [-0.3, -0.25) is 14.2 Å². The van der Waals surface area contributed by atoms with Gasteiger partial charge in [-0.05, 0) is 82.7 Å². The summed E-state index contributed by atoms with van der Waals surface area (Å²) in [5.41, 5.74) is 7.10. The molecule has 0 aliphatic carbocycles. The Labute approximate surface area is 272 Å². The molecule has 0 radical (unpaired) electrons. The first-order chi connectivity index (χ1) is 21.8. The van der Waals surface area contributed by atoms with E-state index >= 15 is 0 Å². The Morgan fingerprint density at radius 3 is 2.17 bits per heavy atom. The van der Waals surface area contributed by atoms with E-state index in [1.165, 1.54) is 28.6 Å². The van der Waals surface area contributed by atoms with Gasteiger partial charge in [0.1, 0.15) is 6.54 Å². The summed E-state index contributed by atoms with van der Waals surface area (Å²) in [6.45, 7) is 14.2. The quantitative estimate of drug-likeness (QED) is 0.0913. The Hall–Kier alpha value is -3.52. The average Bonchev–Trinajstić information content (AvgIpc) is 3.34. The molecular formula is C36H48N2O7P+. The topological polar surface area (TPSA) is 116 Å². The first kappa shape index (κ1) is 35.3. The minimum absolute atomic E-state index is 0.0201. The van der Waals surface area contributed by atoms with Crippen molar-refractivity contribution >= 4 is 42.9 Å². The Morgan fingerprint density at radius 1 is 0.848 bits per heavy atom. The van der Waals surface area contributed by atoms with Gasteiger partial charge in [-0.25, -0.2) is 0 Å². The molecular weight excluding hydrogens is 603 g/mol. The van der Waals surface area contributed by atoms with Crippen LogP contribution in [-0.4, -0.2) is 59.3 Å². The molecule has 0 spiro atoms. The Kier molecular flexibility index (Phi) is 11.5. The molecule has 2 aliphatic heterocycles. The number of nitrogens with zero attached hydrogens (tertiary/aromatic N) is 2. The Balaban J connectivity index is 1.68. The van der Waals surface area contributed by atoms with Crippen LogP contribution in [0.3, 0.4) is 0 Å². The van der Waals surface area contributed by atoms with Crippen molar-refractivity contribution in [2.24, 2.45) is 0 Å². The number of hydrogen-bond donors (Lipinski definition) is 2. The van der Waals surface area contributed by atoms with Crippen molar-refractivity contribution in [2.45, 2.75) is 84.0 Å². The van der Waals surface area contributed by atoms with Crippen molar-refractivity contribution in [2.75, 3.05) is 31.2 Å². The smallest absolute Gasteiger partial charge is 0.356 e. The summed E-state index contributed by atoms with van der Waals surface area (Å²) < 4.78 is 24.1. The zero-order chi connectivity index (χ0) is 33.5. The number of carbonyl (C=O) groups excluding carboxylic acids is 2. The molecule has 2 aromatic rings. The minimum atomic E-state index is -4.42. The summed E-state index contributed by atoms with van der Waals surface area (Å²) in [7, 11) is -4.42. The molecule has 9 nitrogen and oxygen atoms in total. The van der Waals surface area contributed by atoms with E-state index in [9.17, 15) is 23.9 Å². The highest BCUT2D eigenvalue weighted by Gasteiger charge is 2.45. The summed E-state index contributed by atoms with van der Waals surface area (Å²) in [5, 5.41) is 0.0201. The number of benzene rings is 2. The number of rotatable bonds is 17. The van der Waals surface area contributed by atoms with Gasteiger partial charge in [-0.2, -0.15) is 4.58 Å². The lowest BCUT2D eigenvalue weighted by Gasteiger charge is -2.27. The molecule has 2 aliphatic rings. The molecule has 0 saturated carbocycles. The molecule has 0 amide bonds. The molecule has 2 N–H and O–H groups in total. The monoisotopic (exact) mass is 651 g/mol. The fraction of sp³-hybridized carbons (Fsp3) is 0.472. The summed E-state index contributed by atoms with van der Waals surface area (Å²) in [4.78, 5) is 43.3. The van der Waals surface area contributed by atoms with Crippen molar-refractivity contribution in [1.29, 1.82) is 0 Å². The van der Waals surface area contributed by atoms with E-state index in [1.807, 2.05) is 6.07 Å². The SMILES string of the molecule is Cc1ccc2c(c1)C(C)(C)C(=CC=CC1=[N+](CCCCCOC=O)c3ccc(P(=O)(O)O)cc3C1(C)C)N2CCCCCOC=O. The van der Waals surface area contributed by atoms with E-state index in [-0.39, 0.29) is 10.7 Å². The normalized spacial score (nSPS) is 17.5. The number of allylic oxidation sites excluding steroid dienone is 4. The van der Waals surface area contributed by atoms with Crippen molar-refractivity contribution in [3.63, 3.8) is 0 Å². The number of carbonyl (C=O) groups is 2. The summed E-state index contributed by atoms with van der Waals surface area (Å²) in [6.07, 6.45) is 11.7. The second-order valence-electron chi connectivity index (χ2n) is 13.2. The van der Waals surface area contributed by atoms with Crippen LogP contribution in [0.5, 0.6) is 0 Å². The third kappa shape index (κ3) is 7.71. The van der Waals surface area contributed by atoms with Gasteiger partial charge in [-0.15, -0.1) is 0 Å². The van der Waals surface area contributed by atoms with Crippen LogP contribution in [0.2, 0.25) is 0 Å². The van der Waals surface area contributed by atoms with Gasteiger partial charge in [0.15, 0.2) is 5.71 Å². The largest absolute Gasteiger partial charge is 0.468 e. The van der Waals surface area contributed by atoms with Crippen LogP contribution >= 0.6 is 7.60 Å². The second-order valence-corrected chi connectivity index (χ2v) is 14.8. The fourth-order valence-electron chi connectivity index (χ4n) is 6.71. The molecule has 0 bridgehead atoms. The molecule has 0 saturated heterocycles. The van der Waals surface area contributed by atoms with Gasteiger partial charge >= 0.3 is 7.60 Å². The summed E-state index contributed by atoms with van der Waals surface area (Å²) >= 11 is 0. The van der Waals surface area contributed by atoms with Crippen molar-refractivity contribution in [1.82, 2.24) is 0 Å². The number of anilines is 1. The Bertz CT molecular complexity index is 1570. The maximum Gasteiger partial charge on any atom is 0.356 e. The minimum Gasteiger partial charge on any atom is -0.468 e. The molecule has 4 rings (SSSR count). The van der Waals surface area contributed by atoms with Crippen LogP contribution in [0.25, 0.3) is 0 Å². The number of aryl methyl sites for hydroxylation is 1. The third-order valence-corrected chi connectivity index (χ3v) is 10.1. The van der Waals surface area contributed by atoms with Crippen LogP contribution in [-0.2, 0) is 34.5 Å². The molecule has 2 aromatic carbocycles. The van der Waals surface area contributed by atoms with Gasteiger partial charge in [0.2, 0.25) is 5.69 Å². The number of hydrogen-bond acceptors (Lipinski definition) is 6. The number of unbranched alkanes of at least 4 members (excludes halogenated alkanes) is 4. The fourth-order valence-corrected chi connectivity index (χ4v) is 7.27. The highest BCUT2D eigenvalue weighted by Crippen LogP contribution is 2.48. The van der Waals surface area contributed by atoms with Crippen molar-refractivity contribution in [3.05, 3.63) is 77.0 Å². The second kappa shape index (κ2) is 14.9. The number of ether oxygens (including phenoxy) is 2. The lowest BCUT2D eigenvalue weighted by atomic mass is 9.81. The maximum absolute atomic E-state index is 12.2. The van der Waals surface area contributed by atoms with E-state index in [2.05, 4.69) is 80.5 Å². The molecule has 248 valence electrons. The van der Waals surface area contributed by atoms with Gasteiger partial charge in [0, 0.05) is 47.5 Å². The average molecular weight is 652 g/mol. The molecule has 10 heteroatoms. The van der Waals surface area contributed by atoms with E-state index in [0.717, 1.165) is 68.6 Å². The van der Waals surface area contributed by atoms with Gasteiger partial charge in [0.25, 0.3) is 12.9 Å². The molecule has 0 unspecified atom stereocenters. The lowest BCUT2D eigenvalue weighted by molar-refractivity contribution is -0.438. The number of fused-ring (bicyclic) bond motifs is 2. The van der Waals surface area contributed by atoms with E-state index in [4.69, 9.17) is 9.47 Å².